The number of carboxylic acid groups (broad SMARTS) is 1. The Kier molecular flexibility index (Phi) is 13.4. The van der Waals surface area contributed by atoms with Gasteiger partial charge in [0, 0.05) is 40.0 Å². The molecule has 1 saturated heterocycles. The van der Waals surface area contributed by atoms with Crippen LogP contribution in [0.15, 0.2) is 24.3 Å². The van der Waals surface area contributed by atoms with E-state index in [1.807, 2.05) is 4.90 Å². The average molecular weight is 465 g/mol. The lowest BCUT2D eigenvalue weighted by Crippen LogP contribution is -2.43. The molecule has 2 fully saturated rings. The van der Waals surface area contributed by atoms with Gasteiger partial charge in [0.2, 0.25) is 5.91 Å². The molecular formula is C25H41N2O4P. The van der Waals surface area contributed by atoms with E-state index in [4.69, 9.17) is 9.90 Å². The molecule has 7 heteroatoms. The van der Waals surface area contributed by atoms with Crippen LogP contribution in [0.1, 0.15) is 70.9 Å². The van der Waals surface area contributed by atoms with Crippen LogP contribution in [0.3, 0.4) is 0 Å². The molecule has 1 N–H and O–H groups in total. The molecule has 4 rings (SSSR count). The fraction of sp³-hybridized carbons (Fsp3) is 0.640. The van der Waals surface area contributed by atoms with E-state index in [0.717, 1.165) is 38.4 Å². The van der Waals surface area contributed by atoms with E-state index in [0.29, 0.717) is 0 Å². The maximum atomic E-state index is 11.2. The van der Waals surface area contributed by atoms with Crippen LogP contribution in [0, 0.1) is 11.8 Å². The van der Waals surface area contributed by atoms with Gasteiger partial charge in [-0.15, -0.1) is 0 Å². The van der Waals surface area contributed by atoms with E-state index in [9.17, 15) is 9.59 Å². The molecule has 1 aromatic carbocycles. The highest BCUT2D eigenvalue weighted by molar-refractivity contribution is 7.13. The van der Waals surface area contributed by atoms with Gasteiger partial charge in [0.25, 0.3) is 5.97 Å². The van der Waals surface area contributed by atoms with E-state index >= 15 is 0 Å². The Morgan fingerprint density at radius 2 is 1.44 bits per heavy atom. The van der Waals surface area contributed by atoms with Crippen molar-refractivity contribution < 1.29 is 19.5 Å². The highest BCUT2D eigenvalue weighted by Crippen LogP contribution is 2.35. The van der Waals surface area contributed by atoms with E-state index in [1.54, 1.807) is 6.92 Å². The average Bonchev–Trinajstić information content (AvgIpc) is 2.73. The Hall–Kier alpha value is -1.78. The Morgan fingerprint density at radius 3 is 2.00 bits per heavy atom. The summed E-state index contributed by atoms with van der Waals surface area (Å²) < 4.78 is 2.28. The van der Waals surface area contributed by atoms with Crippen molar-refractivity contribution in [3.8, 4) is 0 Å². The summed E-state index contributed by atoms with van der Waals surface area (Å²) in [7, 11) is 2.76. The SMILES string of the molecule is CC(=O)N1CCC2CCCCC2C1.CC(=O)O.CC(C)=O.PN1CCc2ccccc2C1. The minimum atomic E-state index is -0.833. The molecule has 1 aliphatic carbocycles. The molecule has 3 unspecified atom stereocenters. The number of amides is 1. The topological polar surface area (TPSA) is 77.9 Å². The zero-order chi connectivity index (χ0) is 24.1. The fourth-order valence-electron chi connectivity index (χ4n) is 4.40. The number of piperidine rings is 1. The van der Waals surface area contributed by atoms with E-state index in [-0.39, 0.29) is 11.7 Å². The third-order valence-corrected chi connectivity index (χ3v) is 6.34. The first-order valence-corrected chi connectivity index (χ1v) is 12.1. The number of aliphatic carboxylic acids is 1. The zero-order valence-corrected chi connectivity index (χ0v) is 21.3. The van der Waals surface area contributed by atoms with Gasteiger partial charge >= 0.3 is 0 Å². The molecule has 1 amide bonds. The first-order valence-electron chi connectivity index (χ1n) is 11.6. The number of Topliss-reactive ketones (excluding diaryl/α,β-unsaturated/α-hetero) is 1. The van der Waals surface area contributed by atoms with Crippen molar-refractivity contribution >= 4 is 27.1 Å². The second-order valence-electron chi connectivity index (χ2n) is 8.97. The number of hydrogen-bond donors (Lipinski definition) is 1. The van der Waals surface area contributed by atoms with Crippen LogP contribution in [-0.4, -0.2) is 52.0 Å². The lowest BCUT2D eigenvalue weighted by atomic mass is 9.75. The van der Waals surface area contributed by atoms with Gasteiger partial charge in [0.1, 0.15) is 5.78 Å². The number of ketones is 1. The molecule has 1 aromatic rings. The van der Waals surface area contributed by atoms with Crippen molar-refractivity contribution in [1.82, 2.24) is 9.57 Å². The Morgan fingerprint density at radius 1 is 0.906 bits per heavy atom. The lowest BCUT2D eigenvalue weighted by Gasteiger charge is -2.40. The maximum Gasteiger partial charge on any atom is 0.300 e. The second-order valence-corrected chi connectivity index (χ2v) is 9.71. The molecule has 2 heterocycles. The molecule has 2 aliphatic heterocycles. The molecule has 0 spiro atoms. The van der Waals surface area contributed by atoms with Gasteiger partial charge in [0.05, 0.1) is 0 Å². The van der Waals surface area contributed by atoms with Gasteiger partial charge in [-0.25, -0.2) is 0 Å². The van der Waals surface area contributed by atoms with E-state index in [2.05, 4.69) is 38.3 Å². The molecule has 180 valence electrons. The third kappa shape index (κ3) is 11.7. The zero-order valence-electron chi connectivity index (χ0n) is 20.2. The second kappa shape index (κ2) is 15.1. The Bertz CT molecular complexity index is 720. The fourth-order valence-corrected chi connectivity index (χ4v) is 4.73. The summed E-state index contributed by atoms with van der Waals surface area (Å²) in [6.07, 6.45) is 8.02. The standard InChI is InChI=1S/C11H19NO.C9H12NP.C3H6O.C2H4O2/c1-9(13)12-7-6-10-4-2-3-5-11(10)8-12;11-10-6-5-8-3-1-2-4-9(8)7-10;1-3(2)4;1-2(3)4/h10-11H,2-8H2,1H3;1-4H,5-7,11H2;1-2H3;1H3,(H,3,4). The number of nitrogens with zero attached hydrogens (tertiary/aromatic N) is 2. The molecule has 1 saturated carbocycles. The van der Waals surface area contributed by atoms with Crippen LogP contribution in [0.2, 0.25) is 0 Å². The van der Waals surface area contributed by atoms with Gasteiger partial charge in [-0.3, -0.25) is 14.3 Å². The number of likely N-dealkylation sites (tertiary alicyclic amines) is 1. The van der Waals surface area contributed by atoms with Crippen molar-refractivity contribution in [2.75, 3.05) is 19.6 Å². The van der Waals surface area contributed by atoms with Crippen LogP contribution < -0.4 is 0 Å². The molecule has 32 heavy (non-hydrogen) atoms. The van der Waals surface area contributed by atoms with Gasteiger partial charge in [0.15, 0.2) is 0 Å². The first-order chi connectivity index (χ1) is 15.1. The summed E-state index contributed by atoms with van der Waals surface area (Å²) in [4.78, 5) is 31.7. The van der Waals surface area contributed by atoms with Crippen molar-refractivity contribution in [2.24, 2.45) is 11.8 Å². The third-order valence-electron chi connectivity index (χ3n) is 5.90. The molecule has 6 nitrogen and oxygen atoms in total. The summed E-state index contributed by atoms with van der Waals surface area (Å²) in [5, 5.41) is 7.42. The molecule has 0 radical (unpaired) electrons. The van der Waals surface area contributed by atoms with Crippen molar-refractivity contribution in [2.45, 2.75) is 72.8 Å². The minimum Gasteiger partial charge on any atom is -0.481 e. The number of carbonyl (C=O) groups is 3. The molecule has 3 aliphatic rings. The van der Waals surface area contributed by atoms with Crippen LogP contribution in [0.25, 0.3) is 0 Å². The predicted molar refractivity (Wildman–Crippen MR) is 132 cm³/mol. The largest absolute Gasteiger partial charge is 0.481 e. The highest BCUT2D eigenvalue weighted by atomic mass is 31.0. The molecule has 0 aromatic heterocycles. The molecular weight excluding hydrogens is 423 g/mol. The monoisotopic (exact) mass is 464 g/mol. The smallest absolute Gasteiger partial charge is 0.300 e. The van der Waals surface area contributed by atoms with Crippen molar-refractivity contribution in [3.05, 3.63) is 35.4 Å². The summed E-state index contributed by atoms with van der Waals surface area (Å²) in [6, 6.07) is 8.68. The van der Waals surface area contributed by atoms with Crippen LogP contribution in [0.4, 0.5) is 0 Å². The predicted octanol–water partition coefficient (Wildman–Crippen LogP) is 4.57. The van der Waals surface area contributed by atoms with Gasteiger partial charge < -0.3 is 14.8 Å². The number of rotatable bonds is 0. The van der Waals surface area contributed by atoms with Crippen LogP contribution >= 0.6 is 9.39 Å². The highest BCUT2D eigenvalue weighted by Gasteiger charge is 2.31. The Labute approximate surface area is 196 Å². The number of hydrogen-bond acceptors (Lipinski definition) is 4. The quantitative estimate of drug-likeness (QED) is 0.569. The van der Waals surface area contributed by atoms with Crippen LogP contribution in [-0.2, 0) is 27.3 Å². The Balaban J connectivity index is 0.000000244. The number of benzene rings is 1. The van der Waals surface area contributed by atoms with Gasteiger partial charge in [-0.1, -0.05) is 52.9 Å². The summed E-state index contributed by atoms with van der Waals surface area (Å²) >= 11 is 0. The first kappa shape index (κ1) is 28.3. The summed E-state index contributed by atoms with van der Waals surface area (Å²) in [5.41, 5.74) is 3.00. The number of fused-ring (bicyclic) bond motifs is 2. The maximum absolute atomic E-state index is 11.2. The van der Waals surface area contributed by atoms with Crippen molar-refractivity contribution in [3.63, 3.8) is 0 Å². The van der Waals surface area contributed by atoms with Gasteiger partial charge in [-0.2, -0.15) is 0 Å². The van der Waals surface area contributed by atoms with Crippen molar-refractivity contribution in [1.29, 1.82) is 0 Å². The van der Waals surface area contributed by atoms with E-state index in [1.165, 1.54) is 70.0 Å². The molecule has 0 bridgehead atoms. The molecule has 3 atom stereocenters. The summed E-state index contributed by atoms with van der Waals surface area (Å²) in [6.45, 7) is 10.1. The lowest BCUT2D eigenvalue weighted by molar-refractivity contribution is -0.134. The van der Waals surface area contributed by atoms with Crippen LogP contribution in [0.5, 0.6) is 0 Å². The normalized spacial score (nSPS) is 21.6. The number of carbonyl (C=O) groups excluding carboxylic acids is 2. The minimum absolute atomic E-state index is 0.167. The van der Waals surface area contributed by atoms with E-state index < -0.39 is 5.97 Å². The summed E-state index contributed by atoms with van der Waals surface area (Å²) in [5.74, 6) is 1.36. The van der Waals surface area contributed by atoms with Gasteiger partial charge in [-0.05, 0) is 56.1 Å². The number of carboxylic acids is 1.